The summed E-state index contributed by atoms with van der Waals surface area (Å²) in [4.78, 5) is 5.45. The van der Waals surface area contributed by atoms with E-state index in [1.165, 1.54) is 6.07 Å². The van der Waals surface area contributed by atoms with Gasteiger partial charge in [-0.2, -0.15) is 30.2 Å². The topological polar surface area (TPSA) is 39.9 Å². The molecule has 0 saturated carbocycles. The quantitative estimate of drug-likeness (QED) is 0.798. The molecule has 0 amide bonds. The van der Waals surface area contributed by atoms with Gasteiger partial charge in [0.2, 0.25) is 0 Å². The predicted molar refractivity (Wildman–Crippen MR) is 72.7 cm³/mol. The maximum Gasteiger partial charge on any atom is 0.433 e. The van der Waals surface area contributed by atoms with E-state index in [4.69, 9.17) is 5.26 Å². The van der Waals surface area contributed by atoms with Gasteiger partial charge >= 0.3 is 6.18 Å². The minimum atomic E-state index is -4.50. The van der Waals surface area contributed by atoms with E-state index in [1.54, 1.807) is 16.7 Å². The van der Waals surface area contributed by atoms with Crippen LogP contribution in [0.25, 0.3) is 0 Å². The summed E-state index contributed by atoms with van der Waals surface area (Å²) in [6.45, 7) is 5.23. The lowest BCUT2D eigenvalue weighted by Crippen LogP contribution is -2.41. The first-order valence-corrected chi connectivity index (χ1v) is 7.14. The molecule has 0 bridgehead atoms. The second kappa shape index (κ2) is 5.52. The van der Waals surface area contributed by atoms with Crippen LogP contribution in [0.2, 0.25) is 0 Å². The summed E-state index contributed by atoms with van der Waals surface area (Å²) in [5.41, 5.74) is -0.769. The van der Waals surface area contributed by atoms with Crippen molar-refractivity contribution in [2.75, 3.05) is 18.0 Å². The molecular formula is C13H14F3N3S. The molecule has 1 saturated heterocycles. The standard InChI is InChI=1S/C13H14F3N3S/c1-8-6-19(7-9(2)20-8)12-10(5-17)3-4-11(18-12)13(14,15)16/h3-4,8-9H,6-7H2,1-2H3. The molecule has 2 unspecified atom stereocenters. The van der Waals surface area contributed by atoms with Gasteiger partial charge in [-0.3, -0.25) is 0 Å². The molecule has 0 aromatic carbocycles. The molecule has 2 atom stereocenters. The van der Waals surface area contributed by atoms with Gasteiger partial charge in [0.15, 0.2) is 0 Å². The largest absolute Gasteiger partial charge is 0.433 e. The van der Waals surface area contributed by atoms with Gasteiger partial charge in [0.05, 0.1) is 5.56 Å². The number of thioether (sulfide) groups is 1. The first-order chi connectivity index (χ1) is 9.31. The molecule has 1 aromatic rings. The number of aromatic nitrogens is 1. The molecule has 3 nitrogen and oxygen atoms in total. The molecule has 7 heteroatoms. The number of hydrogen-bond donors (Lipinski definition) is 0. The molecule has 2 heterocycles. The van der Waals surface area contributed by atoms with Crippen molar-refractivity contribution in [3.05, 3.63) is 23.4 Å². The van der Waals surface area contributed by atoms with Gasteiger partial charge in [-0.15, -0.1) is 0 Å². The van der Waals surface area contributed by atoms with Gasteiger partial charge < -0.3 is 4.90 Å². The Labute approximate surface area is 119 Å². The summed E-state index contributed by atoms with van der Waals surface area (Å²) < 4.78 is 38.3. The van der Waals surface area contributed by atoms with Crippen LogP contribution in [0.15, 0.2) is 12.1 Å². The average molecular weight is 301 g/mol. The van der Waals surface area contributed by atoms with Crippen LogP contribution < -0.4 is 4.90 Å². The molecule has 1 aromatic heterocycles. The fourth-order valence-corrected chi connectivity index (χ4v) is 3.61. The summed E-state index contributed by atoms with van der Waals surface area (Å²) in [7, 11) is 0. The van der Waals surface area contributed by atoms with Crippen molar-refractivity contribution in [2.45, 2.75) is 30.5 Å². The van der Waals surface area contributed by atoms with Crippen LogP contribution >= 0.6 is 11.8 Å². The van der Waals surface area contributed by atoms with E-state index in [1.807, 2.05) is 19.9 Å². The fourth-order valence-electron chi connectivity index (χ4n) is 2.29. The highest BCUT2D eigenvalue weighted by Gasteiger charge is 2.34. The van der Waals surface area contributed by atoms with Crippen molar-refractivity contribution in [3.8, 4) is 6.07 Å². The third-order valence-corrected chi connectivity index (χ3v) is 4.23. The summed E-state index contributed by atoms with van der Waals surface area (Å²) in [6.07, 6.45) is -4.50. The first-order valence-electron chi connectivity index (χ1n) is 6.20. The van der Waals surface area contributed by atoms with Gasteiger partial charge in [0, 0.05) is 23.6 Å². The van der Waals surface area contributed by atoms with Crippen molar-refractivity contribution in [3.63, 3.8) is 0 Å². The Morgan fingerprint density at radius 1 is 1.30 bits per heavy atom. The summed E-state index contributed by atoms with van der Waals surface area (Å²) in [6, 6.07) is 3.97. The van der Waals surface area contributed by atoms with Crippen molar-refractivity contribution in [2.24, 2.45) is 0 Å². The van der Waals surface area contributed by atoms with Crippen LogP contribution in [0, 0.1) is 11.3 Å². The van der Waals surface area contributed by atoms with E-state index in [9.17, 15) is 13.2 Å². The molecule has 20 heavy (non-hydrogen) atoms. The molecule has 0 radical (unpaired) electrons. The molecule has 2 rings (SSSR count). The van der Waals surface area contributed by atoms with E-state index < -0.39 is 11.9 Å². The van der Waals surface area contributed by atoms with Crippen molar-refractivity contribution < 1.29 is 13.2 Å². The highest BCUT2D eigenvalue weighted by Crippen LogP contribution is 2.33. The Kier molecular flexibility index (Phi) is 4.14. The zero-order valence-corrected chi connectivity index (χ0v) is 11.9. The smallest absolute Gasteiger partial charge is 0.353 e. The number of halogens is 3. The Hall–Kier alpha value is -1.42. The molecule has 1 fully saturated rings. The Balaban J connectivity index is 2.41. The van der Waals surface area contributed by atoms with Gasteiger partial charge in [-0.05, 0) is 12.1 Å². The number of nitrogens with zero attached hydrogens (tertiary/aromatic N) is 3. The summed E-state index contributed by atoms with van der Waals surface area (Å²) in [5.74, 6) is 0.140. The molecule has 1 aliphatic rings. The van der Waals surface area contributed by atoms with Crippen LogP contribution in [0.1, 0.15) is 25.1 Å². The van der Waals surface area contributed by atoms with E-state index >= 15 is 0 Å². The molecule has 0 aliphatic carbocycles. The van der Waals surface area contributed by atoms with E-state index in [0.717, 1.165) is 6.07 Å². The molecule has 0 N–H and O–H groups in total. The van der Waals surface area contributed by atoms with Crippen molar-refractivity contribution >= 4 is 17.6 Å². The second-order valence-electron chi connectivity index (χ2n) is 4.84. The third kappa shape index (κ3) is 3.18. The molecule has 108 valence electrons. The molecular weight excluding hydrogens is 287 g/mol. The number of anilines is 1. The first kappa shape index (κ1) is 15.0. The lowest BCUT2D eigenvalue weighted by Gasteiger charge is -2.36. The van der Waals surface area contributed by atoms with Crippen LogP contribution in [-0.2, 0) is 6.18 Å². The summed E-state index contributed by atoms with van der Waals surface area (Å²) in [5, 5.41) is 9.66. The van der Waals surface area contributed by atoms with Gasteiger partial charge in [0.25, 0.3) is 0 Å². The van der Waals surface area contributed by atoms with Crippen LogP contribution in [-0.4, -0.2) is 28.6 Å². The number of hydrogen-bond acceptors (Lipinski definition) is 4. The molecule has 0 spiro atoms. The van der Waals surface area contributed by atoms with E-state index in [2.05, 4.69) is 4.98 Å². The minimum Gasteiger partial charge on any atom is -0.353 e. The SMILES string of the molecule is CC1CN(c2nc(C(F)(F)F)ccc2C#N)CC(C)S1. The zero-order valence-electron chi connectivity index (χ0n) is 11.1. The summed E-state index contributed by atoms with van der Waals surface area (Å²) >= 11 is 1.79. The Morgan fingerprint density at radius 3 is 2.40 bits per heavy atom. The third-order valence-electron chi connectivity index (χ3n) is 3.01. The zero-order chi connectivity index (χ0) is 14.9. The monoisotopic (exact) mass is 301 g/mol. The number of pyridine rings is 1. The second-order valence-corrected chi connectivity index (χ2v) is 6.72. The molecule has 1 aliphatic heterocycles. The average Bonchev–Trinajstić information content (AvgIpc) is 2.35. The minimum absolute atomic E-state index is 0.140. The number of nitriles is 1. The van der Waals surface area contributed by atoms with E-state index in [0.29, 0.717) is 23.6 Å². The highest BCUT2D eigenvalue weighted by molar-refractivity contribution is 8.00. The van der Waals surface area contributed by atoms with Crippen LogP contribution in [0.3, 0.4) is 0 Å². The van der Waals surface area contributed by atoms with Crippen molar-refractivity contribution in [1.82, 2.24) is 4.98 Å². The van der Waals surface area contributed by atoms with Crippen LogP contribution in [0.4, 0.5) is 19.0 Å². The van der Waals surface area contributed by atoms with Crippen LogP contribution in [0.5, 0.6) is 0 Å². The van der Waals surface area contributed by atoms with Gasteiger partial charge in [-0.1, -0.05) is 13.8 Å². The van der Waals surface area contributed by atoms with E-state index in [-0.39, 0.29) is 11.4 Å². The van der Waals surface area contributed by atoms with Crippen molar-refractivity contribution in [1.29, 1.82) is 5.26 Å². The Bertz CT molecular complexity index is 529. The predicted octanol–water partition coefficient (Wildman–Crippen LogP) is 3.30. The number of alkyl halides is 3. The number of rotatable bonds is 1. The maximum atomic E-state index is 12.8. The van der Waals surface area contributed by atoms with Gasteiger partial charge in [-0.25, -0.2) is 4.98 Å². The maximum absolute atomic E-state index is 12.8. The highest BCUT2D eigenvalue weighted by atomic mass is 32.2. The Morgan fingerprint density at radius 2 is 1.90 bits per heavy atom. The lowest BCUT2D eigenvalue weighted by atomic mass is 10.2. The fraction of sp³-hybridized carbons (Fsp3) is 0.538. The normalized spacial score (nSPS) is 23.5. The van der Waals surface area contributed by atoms with Gasteiger partial charge in [0.1, 0.15) is 17.6 Å². The lowest BCUT2D eigenvalue weighted by molar-refractivity contribution is -0.141.